The third kappa shape index (κ3) is 3.38. The molecule has 0 saturated heterocycles. The molecule has 0 fully saturated rings. The molecule has 1 aliphatic carbocycles. The highest BCUT2D eigenvalue weighted by molar-refractivity contribution is 9.10. The van der Waals surface area contributed by atoms with E-state index in [0.29, 0.717) is 6.54 Å². The van der Waals surface area contributed by atoms with E-state index in [2.05, 4.69) is 46.4 Å². The predicted octanol–water partition coefficient (Wildman–Crippen LogP) is 4.63. The lowest BCUT2D eigenvalue weighted by Crippen LogP contribution is -2.22. The molecule has 0 radical (unpaired) electrons. The Hall–Kier alpha value is -1.13. The molecule has 110 valence electrons. The number of rotatable bonds is 3. The first-order valence-corrected chi connectivity index (χ1v) is 8.89. The highest BCUT2D eigenvalue weighted by Crippen LogP contribution is 2.29. The number of thiophene rings is 1. The fourth-order valence-corrected chi connectivity index (χ4v) is 4.37. The van der Waals surface area contributed by atoms with Crippen LogP contribution in [0.15, 0.2) is 28.7 Å². The molecule has 1 N–H and O–H groups in total. The molecular weight excluding hydrogens is 346 g/mol. The largest absolute Gasteiger partial charge is 0.347 e. The number of amides is 1. The zero-order valence-electron chi connectivity index (χ0n) is 12.0. The molecule has 21 heavy (non-hydrogen) atoms. The number of hydrogen-bond acceptors (Lipinski definition) is 2. The zero-order valence-corrected chi connectivity index (χ0v) is 14.4. The summed E-state index contributed by atoms with van der Waals surface area (Å²) in [5, 5.41) is 3.04. The van der Waals surface area contributed by atoms with E-state index in [4.69, 9.17) is 0 Å². The SMILES string of the molecule is Cc1cc(Br)ccc1CNC(=O)c1cc2c(s1)CCCC2. The molecule has 1 heterocycles. The van der Waals surface area contributed by atoms with E-state index >= 15 is 0 Å². The first kappa shape index (κ1) is 14.8. The van der Waals surface area contributed by atoms with Crippen LogP contribution in [-0.2, 0) is 19.4 Å². The van der Waals surface area contributed by atoms with E-state index in [1.165, 1.54) is 28.8 Å². The van der Waals surface area contributed by atoms with Crippen molar-refractivity contribution >= 4 is 33.2 Å². The Morgan fingerprint density at radius 2 is 2.10 bits per heavy atom. The molecule has 0 unspecified atom stereocenters. The van der Waals surface area contributed by atoms with Crippen LogP contribution in [0.25, 0.3) is 0 Å². The lowest BCUT2D eigenvalue weighted by Gasteiger charge is -2.08. The number of aryl methyl sites for hydroxylation is 3. The quantitative estimate of drug-likeness (QED) is 0.846. The topological polar surface area (TPSA) is 29.1 Å². The highest BCUT2D eigenvalue weighted by atomic mass is 79.9. The van der Waals surface area contributed by atoms with Crippen molar-refractivity contribution in [2.75, 3.05) is 0 Å². The van der Waals surface area contributed by atoms with Crippen LogP contribution >= 0.6 is 27.3 Å². The van der Waals surface area contributed by atoms with Crippen LogP contribution in [0.3, 0.4) is 0 Å². The molecule has 1 aromatic carbocycles. The van der Waals surface area contributed by atoms with Gasteiger partial charge in [-0.2, -0.15) is 0 Å². The summed E-state index contributed by atoms with van der Waals surface area (Å²) >= 11 is 5.13. The molecular formula is C17H18BrNOS. The normalized spacial score (nSPS) is 13.8. The van der Waals surface area contributed by atoms with Crippen molar-refractivity contribution < 1.29 is 4.79 Å². The summed E-state index contributed by atoms with van der Waals surface area (Å²) in [6, 6.07) is 8.23. The van der Waals surface area contributed by atoms with Crippen LogP contribution in [0.1, 0.15) is 44.1 Å². The van der Waals surface area contributed by atoms with Gasteiger partial charge in [0, 0.05) is 15.9 Å². The second-order valence-corrected chi connectivity index (χ2v) is 7.57. The first-order chi connectivity index (χ1) is 10.1. The molecule has 1 amide bonds. The van der Waals surface area contributed by atoms with Crippen molar-refractivity contribution in [1.29, 1.82) is 0 Å². The second-order valence-electron chi connectivity index (χ2n) is 5.52. The van der Waals surface area contributed by atoms with Gasteiger partial charge in [0.25, 0.3) is 5.91 Å². The smallest absolute Gasteiger partial charge is 0.261 e. The molecule has 1 aliphatic rings. The van der Waals surface area contributed by atoms with Crippen LogP contribution in [0, 0.1) is 6.92 Å². The third-order valence-corrected chi connectivity index (χ3v) is 5.69. The number of benzene rings is 1. The molecule has 4 heteroatoms. The number of carbonyl (C=O) groups excluding carboxylic acids is 1. The number of halogens is 1. The van der Waals surface area contributed by atoms with Gasteiger partial charge in [-0.1, -0.05) is 22.0 Å². The number of nitrogens with one attached hydrogen (secondary N) is 1. The number of carbonyl (C=O) groups is 1. The van der Waals surface area contributed by atoms with E-state index in [1.54, 1.807) is 11.3 Å². The molecule has 2 aromatic rings. The van der Waals surface area contributed by atoms with Gasteiger partial charge in [-0.3, -0.25) is 4.79 Å². The van der Waals surface area contributed by atoms with E-state index in [-0.39, 0.29) is 5.91 Å². The Morgan fingerprint density at radius 1 is 1.29 bits per heavy atom. The molecule has 2 nitrogen and oxygen atoms in total. The van der Waals surface area contributed by atoms with Gasteiger partial charge >= 0.3 is 0 Å². The Balaban J connectivity index is 1.67. The maximum absolute atomic E-state index is 12.3. The van der Waals surface area contributed by atoms with Gasteiger partial charge in [0.05, 0.1) is 4.88 Å². The standard InChI is InChI=1S/C17H18BrNOS/c1-11-8-14(18)7-6-13(11)10-19-17(20)16-9-12-4-2-3-5-15(12)21-16/h6-9H,2-5,10H2,1H3,(H,19,20). The highest BCUT2D eigenvalue weighted by Gasteiger charge is 2.17. The second kappa shape index (κ2) is 6.32. The summed E-state index contributed by atoms with van der Waals surface area (Å²) in [7, 11) is 0. The zero-order chi connectivity index (χ0) is 14.8. The average molecular weight is 364 g/mol. The van der Waals surface area contributed by atoms with E-state index in [9.17, 15) is 4.79 Å². The van der Waals surface area contributed by atoms with Crippen molar-refractivity contribution in [2.45, 2.75) is 39.2 Å². The van der Waals surface area contributed by atoms with Crippen LogP contribution in [0.4, 0.5) is 0 Å². The van der Waals surface area contributed by atoms with Crippen molar-refractivity contribution in [1.82, 2.24) is 5.32 Å². The van der Waals surface area contributed by atoms with E-state index in [1.807, 2.05) is 6.07 Å². The van der Waals surface area contributed by atoms with Gasteiger partial charge in [-0.25, -0.2) is 0 Å². The first-order valence-electron chi connectivity index (χ1n) is 7.28. The molecule has 0 aliphatic heterocycles. The third-order valence-electron chi connectivity index (χ3n) is 3.96. The van der Waals surface area contributed by atoms with E-state index < -0.39 is 0 Å². The summed E-state index contributed by atoms with van der Waals surface area (Å²) in [6.07, 6.45) is 4.78. The van der Waals surface area contributed by atoms with Crippen LogP contribution in [0.5, 0.6) is 0 Å². The maximum atomic E-state index is 12.3. The minimum Gasteiger partial charge on any atom is -0.347 e. The molecule has 0 atom stereocenters. The molecule has 0 spiro atoms. The Kier molecular flexibility index (Phi) is 4.45. The Morgan fingerprint density at radius 3 is 2.86 bits per heavy atom. The Labute approximate surface area is 137 Å². The van der Waals surface area contributed by atoms with Crippen molar-refractivity contribution in [3.05, 3.63) is 55.2 Å². The van der Waals surface area contributed by atoms with E-state index in [0.717, 1.165) is 27.8 Å². The van der Waals surface area contributed by atoms with Gasteiger partial charge in [0.2, 0.25) is 0 Å². The summed E-state index contributed by atoms with van der Waals surface area (Å²) in [5.74, 6) is 0.0525. The molecule has 3 rings (SSSR count). The summed E-state index contributed by atoms with van der Waals surface area (Å²) in [4.78, 5) is 14.6. The molecule has 0 saturated carbocycles. The van der Waals surface area contributed by atoms with Crippen molar-refractivity contribution in [3.63, 3.8) is 0 Å². The minimum atomic E-state index is 0.0525. The van der Waals surface area contributed by atoms with Gasteiger partial charge < -0.3 is 5.32 Å². The lowest BCUT2D eigenvalue weighted by molar-refractivity contribution is 0.0955. The summed E-state index contributed by atoms with van der Waals surface area (Å²) in [5.41, 5.74) is 3.74. The molecule has 1 aromatic heterocycles. The van der Waals surface area contributed by atoms with Crippen LogP contribution in [-0.4, -0.2) is 5.91 Å². The number of fused-ring (bicyclic) bond motifs is 1. The summed E-state index contributed by atoms with van der Waals surface area (Å²) in [6.45, 7) is 2.65. The lowest BCUT2D eigenvalue weighted by atomic mass is 9.99. The monoisotopic (exact) mass is 363 g/mol. The maximum Gasteiger partial charge on any atom is 0.261 e. The van der Waals surface area contributed by atoms with Gasteiger partial charge in [0.1, 0.15) is 0 Å². The molecule has 0 bridgehead atoms. The van der Waals surface area contributed by atoms with Crippen molar-refractivity contribution in [2.24, 2.45) is 0 Å². The van der Waals surface area contributed by atoms with Crippen LogP contribution < -0.4 is 5.32 Å². The predicted molar refractivity (Wildman–Crippen MR) is 91.0 cm³/mol. The van der Waals surface area contributed by atoms with Gasteiger partial charge in [0.15, 0.2) is 0 Å². The fourth-order valence-electron chi connectivity index (χ4n) is 2.72. The van der Waals surface area contributed by atoms with Gasteiger partial charge in [-0.05, 0) is 67.5 Å². The average Bonchev–Trinajstić information content (AvgIpc) is 2.90. The van der Waals surface area contributed by atoms with Crippen LogP contribution in [0.2, 0.25) is 0 Å². The Bertz CT molecular complexity index is 654. The summed E-state index contributed by atoms with van der Waals surface area (Å²) < 4.78 is 1.07. The van der Waals surface area contributed by atoms with Gasteiger partial charge in [-0.15, -0.1) is 11.3 Å². The fraction of sp³-hybridized carbons (Fsp3) is 0.353. The minimum absolute atomic E-state index is 0.0525. The van der Waals surface area contributed by atoms with Crippen molar-refractivity contribution in [3.8, 4) is 0 Å². The number of hydrogen-bond donors (Lipinski definition) is 1.